The first-order chi connectivity index (χ1) is 9.44. The minimum absolute atomic E-state index is 0.143. The monoisotopic (exact) mass is 337 g/mol. The number of carboxylic acids is 1. The second-order valence-electron chi connectivity index (χ2n) is 4.47. The van der Waals surface area contributed by atoms with E-state index in [0.717, 1.165) is 18.4 Å². The average molecular weight is 337 g/mol. The van der Waals surface area contributed by atoms with Gasteiger partial charge in [-0.2, -0.15) is 0 Å². The number of benzene rings is 1. The first-order valence-electron chi connectivity index (χ1n) is 5.68. The number of hydrogen-bond acceptors (Lipinski definition) is 6. The van der Waals surface area contributed by atoms with Crippen LogP contribution in [0.3, 0.4) is 0 Å². The summed E-state index contributed by atoms with van der Waals surface area (Å²) in [6, 6.07) is 1.85. The second kappa shape index (κ2) is 6.00. The quantitative estimate of drug-likeness (QED) is 0.649. The Balaban J connectivity index is 3.14. The van der Waals surface area contributed by atoms with Crippen LogP contribution in [0.4, 0.5) is 0 Å². The highest BCUT2D eigenvalue weighted by Crippen LogP contribution is 2.25. The molecule has 0 saturated carbocycles. The SMILES string of the molecule is Cc1cc(O)c(C(=O)O)cc1S(=O)(=O)NCCS(C)(=O)=O. The lowest BCUT2D eigenvalue weighted by molar-refractivity contribution is 0.0693. The molecule has 118 valence electrons. The molecule has 0 aromatic heterocycles. The summed E-state index contributed by atoms with van der Waals surface area (Å²) >= 11 is 0. The van der Waals surface area contributed by atoms with E-state index < -0.39 is 37.1 Å². The number of sulfonamides is 1. The fraction of sp³-hybridized carbons (Fsp3) is 0.364. The predicted molar refractivity (Wildman–Crippen MR) is 74.7 cm³/mol. The average Bonchev–Trinajstić information content (AvgIpc) is 2.25. The van der Waals surface area contributed by atoms with Gasteiger partial charge in [0.25, 0.3) is 0 Å². The number of aryl methyl sites for hydroxylation is 1. The zero-order chi connectivity index (χ0) is 16.4. The molecule has 0 aliphatic carbocycles. The third-order valence-electron chi connectivity index (χ3n) is 2.58. The van der Waals surface area contributed by atoms with Gasteiger partial charge in [-0.25, -0.2) is 26.4 Å². The molecule has 0 aliphatic heterocycles. The minimum atomic E-state index is -4.08. The Morgan fingerprint density at radius 1 is 1.24 bits per heavy atom. The van der Waals surface area contributed by atoms with Crippen molar-refractivity contribution in [3.8, 4) is 5.75 Å². The highest BCUT2D eigenvalue weighted by molar-refractivity contribution is 7.91. The van der Waals surface area contributed by atoms with Gasteiger partial charge in [-0.1, -0.05) is 0 Å². The largest absolute Gasteiger partial charge is 0.507 e. The minimum Gasteiger partial charge on any atom is -0.507 e. The van der Waals surface area contributed by atoms with Crippen molar-refractivity contribution in [3.05, 3.63) is 23.3 Å². The molecule has 1 aromatic rings. The van der Waals surface area contributed by atoms with E-state index in [4.69, 9.17) is 5.11 Å². The van der Waals surface area contributed by atoms with Gasteiger partial charge < -0.3 is 10.2 Å². The van der Waals surface area contributed by atoms with Gasteiger partial charge in [0.2, 0.25) is 10.0 Å². The van der Waals surface area contributed by atoms with E-state index >= 15 is 0 Å². The highest BCUT2D eigenvalue weighted by atomic mass is 32.2. The van der Waals surface area contributed by atoms with Gasteiger partial charge in [-0.15, -0.1) is 0 Å². The summed E-state index contributed by atoms with van der Waals surface area (Å²) in [4.78, 5) is 10.6. The number of carboxylic acid groups (broad SMARTS) is 1. The van der Waals surface area contributed by atoms with Crippen molar-refractivity contribution in [2.45, 2.75) is 11.8 Å². The molecule has 8 nitrogen and oxygen atoms in total. The molecule has 1 rings (SSSR count). The maximum absolute atomic E-state index is 12.0. The topological polar surface area (TPSA) is 138 Å². The molecule has 10 heteroatoms. The molecule has 0 bridgehead atoms. The molecule has 1 aromatic carbocycles. The van der Waals surface area contributed by atoms with Crippen LogP contribution < -0.4 is 4.72 Å². The maximum atomic E-state index is 12.0. The normalized spacial score (nSPS) is 12.3. The lowest BCUT2D eigenvalue weighted by Crippen LogP contribution is -2.29. The van der Waals surface area contributed by atoms with Crippen LogP contribution in [0.25, 0.3) is 0 Å². The zero-order valence-corrected chi connectivity index (χ0v) is 13.0. The summed E-state index contributed by atoms with van der Waals surface area (Å²) in [5.74, 6) is -2.40. The van der Waals surface area contributed by atoms with Crippen molar-refractivity contribution in [1.82, 2.24) is 4.72 Å². The van der Waals surface area contributed by atoms with E-state index in [1.807, 2.05) is 0 Å². The Bertz CT molecular complexity index is 766. The number of aromatic hydroxyl groups is 1. The highest BCUT2D eigenvalue weighted by Gasteiger charge is 2.21. The third-order valence-corrected chi connectivity index (χ3v) is 5.13. The van der Waals surface area contributed by atoms with E-state index in [0.29, 0.717) is 0 Å². The summed E-state index contributed by atoms with van der Waals surface area (Å²) in [5.41, 5.74) is -0.409. The Morgan fingerprint density at radius 3 is 2.29 bits per heavy atom. The molecule has 0 amide bonds. The Hall–Kier alpha value is -1.65. The van der Waals surface area contributed by atoms with Crippen molar-refractivity contribution in [3.63, 3.8) is 0 Å². The fourth-order valence-electron chi connectivity index (χ4n) is 1.57. The number of rotatable bonds is 6. The lowest BCUT2D eigenvalue weighted by atomic mass is 10.1. The lowest BCUT2D eigenvalue weighted by Gasteiger charge is -2.11. The van der Waals surface area contributed by atoms with Crippen LogP contribution in [-0.2, 0) is 19.9 Å². The summed E-state index contributed by atoms with van der Waals surface area (Å²) in [7, 11) is -7.40. The van der Waals surface area contributed by atoms with Crippen molar-refractivity contribution in [2.75, 3.05) is 18.6 Å². The Morgan fingerprint density at radius 2 is 1.81 bits per heavy atom. The molecule has 0 spiro atoms. The summed E-state index contributed by atoms with van der Waals surface area (Å²) in [5, 5.41) is 18.3. The van der Waals surface area contributed by atoms with Gasteiger partial charge in [0, 0.05) is 12.8 Å². The maximum Gasteiger partial charge on any atom is 0.339 e. The number of hydrogen-bond donors (Lipinski definition) is 3. The molecule has 21 heavy (non-hydrogen) atoms. The predicted octanol–water partition coefficient (Wildman–Crippen LogP) is -0.278. The molecular weight excluding hydrogens is 322 g/mol. The van der Waals surface area contributed by atoms with Gasteiger partial charge in [-0.3, -0.25) is 0 Å². The first-order valence-corrected chi connectivity index (χ1v) is 9.23. The summed E-state index contributed by atoms with van der Waals surface area (Å²) < 4.78 is 48.1. The van der Waals surface area contributed by atoms with E-state index in [1.165, 1.54) is 6.92 Å². The number of phenols is 1. The molecule has 0 fully saturated rings. The van der Waals surface area contributed by atoms with Crippen LogP contribution >= 0.6 is 0 Å². The van der Waals surface area contributed by atoms with E-state index in [-0.39, 0.29) is 22.8 Å². The number of nitrogens with one attached hydrogen (secondary N) is 1. The zero-order valence-electron chi connectivity index (χ0n) is 11.3. The van der Waals surface area contributed by atoms with Crippen LogP contribution in [-0.4, -0.2) is 51.6 Å². The van der Waals surface area contributed by atoms with Crippen molar-refractivity contribution >= 4 is 25.8 Å². The molecule has 0 heterocycles. The van der Waals surface area contributed by atoms with Gasteiger partial charge >= 0.3 is 5.97 Å². The number of carbonyl (C=O) groups is 1. The van der Waals surface area contributed by atoms with Gasteiger partial charge in [0.05, 0.1) is 10.6 Å². The van der Waals surface area contributed by atoms with Crippen LogP contribution in [0.1, 0.15) is 15.9 Å². The molecular formula is C11H15NO7S2. The number of aromatic carboxylic acids is 1. The second-order valence-corrected chi connectivity index (χ2v) is 8.46. The van der Waals surface area contributed by atoms with E-state index in [2.05, 4.69) is 4.72 Å². The van der Waals surface area contributed by atoms with Crippen molar-refractivity contribution < 1.29 is 31.8 Å². The smallest absolute Gasteiger partial charge is 0.339 e. The molecule has 0 unspecified atom stereocenters. The molecule has 0 aliphatic rings. The van der Waals surface area contributed by atoms with E-state index in [1.54, 1.807) is 0 Å². The van der Waals surface area contributed by atoms with Gasteiger partial charge in [-0.05, 0) is 24.6 Å². The van der Waals surface area contributed by atoms with E-state index in [9.17, 15) is 26.7 Å². The number of sulfone groups is 1. The molecule has 3 N–H and O–H groups in total. The molecule has 0 saturated heterocycles. The van der Waals surface area contributed by atoms with Crippen molar-refractivity contribution in [1.29, 1.82) is 0 Å². The van der Waals surface area contributed by atoms with Crippen LogP contribution in [0, 0.1) is 6.92 Å². The van der Waals surface area contributed by atoms with Gasteiger partial charge in [0.1, 0.15) is 21.2 Å². The van der Waals surface area contributed by atoms with Gasteiger partial charge in [0.15, 0.2) is 0 Å². The van der Waals surface area contributed by atoms with Crippen LogP contribution in [0.15, 0.2) is 17.0 Å². The molecule has 0 atom stereocenters. The Labute approximate surface area is 122 Å². The summed E-state index contributed by atoms with van der Waals surface area (Å²) in [6.07, 6.45) is 0.968. The Kier molecular flexibility index (Phi) is 4.97. The fourth-order valence-corrected chi connectivity index (χ4v) is 3.46. The van der Waals surface area contributed by atoms with Crippen molar-refractivity contribution in [2.24, 2.45) is 0 Å². The first kappa shape index (κ1) is 17.4. The van der Waals surface area contributed by atoms with Crippen LogP contribution in [0.2, 0.25) is 0 Å². The summed E-state index contributed by atoms with van der Waals surface area (Å²) in [6.45, 7) is 1.06. The standard InChI is InChI=1S/C11H15NO7S2/c1-7-5-9(13)8(11(14)15)6-10(7)21(18,19)12-3-4-20(2,16)17/h5-6,12-13H,3-4H2,1-2H3,(H,14,15). The van der Waals surface area contributed by atoms with Crippen LogP contribution in [0.5, 0.6) is 5.75 Å². The molecule has 0 radical (unpaired) electrons. The third kappa shape index (κ3) is 4.69.